The molecule has 0 amide bonds. The molecule has 0 heterocycles. The highest BCUT2D eigenvalue weighted by Crippen LogP contribution is 2.33. The third-order valence-corrected chi connectivity index (χ3v) is 3.02. The Morgan fingerprint density at radius 3 is 2.47 bits per heavy atom. The van der Waals surface area contributed by atoms with Crippen LogP contribution in [0.15, 0.2) is 36.4 Å². The van der Waals surface area contributed by atoms with Gasteiger partial charge in [0, 0.05) is 16.7 Å². The number of nitro groups is 1. The fourth-order valence-electron chi connectivity index (χ4n) is 1.58. The van der Waals surface area contributed by atoms with Gasteiger partial charge in [0.05, 0.1) is 9.95 Å². The van der Waals surface area contributed by atoms with Gasteiger partial charge in [-0.15, -0.1) is 0 Å². The Bertz CT molecular complexity index is 644. The molecule has 2 rings (SSSR count). The number of benzene rings is 2. The van der Waals surface area contributed by atoms with E-state index in [2.05, 4.69) is 0 Å². The van der Waals surface area contributed by atoms with Gasteiger partial charge in [0.15, 0.2) is 0 Å². The molecule has 2 aromatic carbocycles. The molecule has 98 valence electrons. The van der Waals surface area contributed by atoms with E-state index in [4.69, 9.17) is 27.9 Å². The van der Waals surface area contributed by atoms with Crippen molar-refractivity contribution in [1.82, 2.24) is 0 Å². The van der Waals surface area contributed by atoms with E-state index in [1.54, 1.807) is 31.2 Å². The number of hydrogen-bond donors (Lipinski definition) is 0. The van der Waals surface area contributed by atoms with Gasteiger partial charge in [-0.1, -0.05) is 23.2 Å². The summed E-state index contributed by atoms with van der Waals surface area (Å²) in [4.78, 5) is 10.3. The molecule has 19 heavy (non-hydrogen) atoms. The molecule has 0 aliphatic heterocycles. The van der Waals surface area contributed by atoms with Crippen LogP contribution in [-0.2, 0) is 0 Å². The third-order valence-electron chi connectivity index (χ3n) is 2.49. The first-order valence-corrected chi connectivity index (χ1v) is 6.11. The van der Waals surface area contributed by atoms with E-state index in [1.807, 2.05) is 0 Å². The lowest BCUT2D eigenvalue weighted by Gasteiger charge is -2.08. The van der Waals surface area contributed by atoms with E-state index < -0.39 is 4.92 Å². The molecule has 0 unspecified atom stereocenters. The Morgan fingerprint density at radius 1 is 1.16 bits per heavy atom. The van der Waals surface area contributed by atoms with E-state index in [9.17, 15) is 10.1 Å². The molecule has 0 radical (unpaired) electrons. The minimum Gasteiger partial charge on any atom is -0.456 e. The highest BCUT2D eigenvalue weighted by molar-refractivity contribution is 6.35. The van der Waals surface area contributed by atoms with Crippen molar-refractivity contribution in [2.24, 2.45) is 0 Å². The van der Waals surface area contributed by atoms with Crippen molar-refractivity contribution >= 4 is 28.9 Å². The van der Waals surface area contributed by atoms with Gasteiger partial charge in [-0.3, -0.25) is 10.1 Å². The Balaban J connectivity index is 2.29. The van der Waals surface area contributed by atoms with Crippen LogP contribution < -0.4 is 4.74 Å². The summed E-state index contributed by atoms with van der Waals surface area (Å²) in [5.74, 6) is 0.923. The summed E-state index contributed by atoms with van der Waals surface area (Å²) in [7, 11) is 0. The predicted octanol–water partition coefficient (Wildman–Crippen LogP) is 5.00. The predicted molar refractivity (Wildman–Crippen MR) is 74.4 cm³/mol. The van der Waals surface area contributed by atoms with Crippen LogP contribution in [0, 0.1) is 17.0 Å². The van der Waals surface area contributed by atoms with Crippen molar-refractivity contribution in [2.45, 2.75) is 6.92 Å². The molecule has 0 bridgehead atoms. The molecule has 4 nitrogen and oxygen atoms in total. The number of hydrogen-bond acceptors (Lipinski definition) is 3. The topological polar surface area (TPSA) is 52.4 Å². The molecule has 0 saturated heterocycles. The first kappa shape index (κ1) is 13.6. The van der Waals surface area contributed by atoms with Gasteiger partial charge in [-0.25, -0.2) is 0 Å². The number of nitrogens with zero attached hydrogens (tertiary/aromatic N) is 1. The zero-order valence-electron chi connectivity index (χ0n) is 9.89. The minimum absolute atomic E-state index is 0.0505. The van der Waals surface area contributed by atoms with Crippen LogP contribution in [0.2, 0.25) is 10.0 Å². The Labute approximate surface area is 119 Å². The van der Waals surface area contributed by atoms with Crippen molar-refractivity contribution in [2.75, 3.05) is 0 Å². The average Bonchev–Trinajstić information content (AvgIpc) is 2.32. The van der Waals surface area contributed by atoms with Gasteiger partial charge in [-0.05, 0) is 37.3 Å². The summed E-state index contributed by atoms with van der Waals surface area (Å²) >= 11 is 11.8. The van der Waals surface area contributed by atoms with Gasteiger partial charge in [0.25, 0.3) is 5.69 Å². The molecular weight excluding hydrogens is 289 g/mol. The van der Waals surface area contributed by atoms with E-state index in [0.29, 0.717) is 27.1 Å². The largest absolute Gasteiger partial charge is 0.456 e. The highest BCUT2D eigenvalue weighted by Gasteiger charge is 2.11. The standard InChI is InChI=1S/C13H9Cl2NO3/c1-8-6-10(3-4-12(8)16(17)18)19-13-5-2-9(14)7-11(13)15/h2-7H,1H3. The summed E-state index contributed by atoms with van der Waals surface area (Å²) in [5, 5.41) is 11.6. The monoisotopic (exact) mass is 297 g/mol. The van der Waals surface area contributed by atoms with Gasteiger partial charge in [-0.2, -0.15) is 0 Å². The molecule has 0 aliphatic rings. The second-order valence-corrected chi connectivity index (χ2v) is 4.73. The molecule has 0 aliphatic carbocycles. The van der Waals surface area contributed by atoms with Crippen LogP contribution in [-0.4, -0.2) is 4.92 Å². The molecule has 0 saturated carbocycles. The van der Waals surface area contributed by atoms with Crippen molar-refractivity contribution < 1.29 is 9.66 Å². The smallest absolute Gasteiger partial charge is 0.272 e. The fourth-order valence-corrected chi connectivity index (χ4v) is 2.03. The lowest BCUT2D eigenvalue weighted by atomic mass is 10.2. The molecule has 0 fully saturated rings. The number of ether oxygens (including phenoxy) is 1. The number of halogens is 2. The summed E-state index contributed by atoms with van der Waals surface area (Å²) in [6.45, 7) is 1.65. The van der Waals surface area contributed by atoms with E-state index in [-0.39, 0.29) is 5.69 Å². The van der Waals surface area contributed by atoms with Crippen LogP contribution in [0.1, 0.15) is 5.56 Å². The maximum atomic E-state index is 10.7. The number of nitro benzene ring substituents is 1. The van der Waals surface area contributed by atoms with Crippen molar-refractivity contribution in [1.29, 1.82) is 0 Å². The van der Waals surface area contributed by atoms with Crippen LogP contribution >= 0.6 is 23.2 Å². The molecule has 0 spiro atoms. The van der Waals surface area contributed by atoms with Crippen molar-refractivity contribution in [3.63, 3.8) is 0 Å². The van der Waals surface area contributed by atoms with Crippen molar-refractivity contribution in [3.8, 4) is 11.5 Å². The Morgan fingerprint density at radius 2 is 1.89 bits per heavy atom. The normalized spacial score (nSPS) is 10.3. The average molecular weight is 298 g/mol. The molecule has 0 N–H and O–H groups in total. The maximum Gasteiger partial charge on any atom is 0.272 e. The van der Waals surface area contributed by atoms with Crippen molar-refractivity contribution in [3.05, 3.63) is 62.1 Å². The first-order valence-electron chi connectivity index (χ1n) is 5.35. The zero-order chi connectivity index (χ0) is 14.0. The van der Waals surface area contributed by atoms with E-state index in [1.165, 1.54) is 12.1 Å². The quantitative estimate of drug-likeness (QED) is 0.591. The molecule has 2 aromatic rings. The fraction of sp³-hybridized carbons (Fsp3) is 0.0769. The summed E-state index contributed by atoms with van der Waals surface area (Å²) in [5.41, 5.74) is 0.571. The summed E-state index contributed by atoms with van der Waals surface area (Å²) in [6, 6.07) is 9.37. The van der Waals surface area contributed by atoms with E-state index >= 15 is 0 Å². The SMILES string of the molecule is Cc1cc(Oc2ccc(Cl)cc2Cl)ccc1[N+](=O)[O-]. The summed E-state index contributed by atoms with van der Waals surface area (Å²) in [6.07, 6.45) is 0. The van der Waals surface area contributed by atoms with Crippen LogP contribution in [0.25, 0.3) is 0 Å². The zero-order valence-corrected chi connectivity index (χ0v) is 11.4. The first-order chi connectivity index (χ1) is 8.97. The number of aryl methyl sites for hydroxylation is 1. The minimum atomic E-state index is -0.436. The second kappa shape index (κ2) is 5.47. The second-order valence-electron chi connectivity index (χ2n) is 3.88. The van der Waals surface area contributed by atoms with Gasteiger partial charge in [0.2, 0.25) is 0 Å². The Kier molecular flexibility index (Phi) is 3.93. The van der Waals surface area contributed by atoms with Crippen LogP contribution in [0.5, 0.6) is 11.5 Å². The van der Waals surface area contributed by atoms with Gasteiger partial charge < -0.3 is 4.74 Å². The number of rotatable bonds is 3. The van der Waals surface area contributed by atoms with E-state index in [0.717, 1.165) is 0 Å². The molecular formula is C13H9Cl2NO3. The molecule has 6 heteroatoms. The van der Waals surface area contributed by atoms with Crippen LogP contribution in [0.4, 0.5) is 5.69 Å². The lowest BCUT2D eigenvalue weighted by molar-refractivity contribution is -0.385. The maximum absolute atomic E-state index is 10.7. The molecule has 0 aromatic heterocycles. The lowest BCUT2D eigenvalue weighted by Crippen LogP contribution is -1.92. The highest BCUT2D eigenvalue weighted by atomic mass is 35.5. The van der Waals surface area contributed by atoms with Gasteiger partial charge >= 0.3 is 0 Å². The van der Waals surface area contributed by atoms with Gasteiger partial charge in [0.1, 0.15) is 11.5 Å². The van der Waals surface area contributed by atoms with Crippen LogP contribution in [0.3, 0.4) is 0 Å². The summed E-state index contributed by atoms with van der Waals surface area (Å²) < 4.78 is 5.57. The third kappa shape index (κ3) is 3.16. The molecule has 0 atom stereocenters. The Hall–Kier alpha value is -1.78.